The van der Waals surface area contributed by atoms with Gasteiger partial charge in [0.15, 0.2) is 0 Å². The van der Waals surface area contributed by atoms with E-state index in [4.69, 9.17) is 19.0 Å². The molecule has 0 aliphatic heterocycles. The minimum absolute atomic E-state index is 0.485. The van der Waals surface area contributed by atoms with Crippen molar-refractivity contribution in [3.63, 3.8) is 0 Å². The lowest BCUT2D eigenvalue weighted by Crippen LogP contribution is -2.28. The summed E-state index contributed by atoms with van der Waals surface area (Å²) < 4.78 is 17.3. The summed E-state index contributed by atoms with van der Waals surface area (Å²) in [6, 6.07) is 4.04. The number of oxime groups is 1. The Morgan fingerprint density at radius 3 is 2.41 bits per heavy atom. The van der Waals surface area contributed by atoms with Crippen LogP contribution in [0.15, 0.2) is 29.4 Å². The fourth-order valence-electron chi connectivity index (χ4n) is 2.50. The molecule has 0 radical (unpaired) electrons. The number of ether oxygens (including phenoxy) is 3. The summed E-state index contributed by atoms with van der Waals surface area (Å²) in [7, 11) is 3.59. The van der Waals surface area contributed by atoms with Crippen LogP contribution in [0.3, 0.4) is 0 Å². The first-order chi connectivity index (χ1) is 13.0. The minimum Gasteiger partial charge on any atom is -0.492 e. The Kier molecular flexibility index (Phi) is 11.2. The van der Waals surface area contributed by atoms with Crippen LogP contribution in [0, 0.1) is 13.8 Å². The normalized spacial score (nSPS) is 12.0. The lowest BCUT2D eigenvalue weighted by atomic mass is 10.1. The van der Waals surface area contributed by atoms with Gasteiger partial charge >= 0.3 is 0 Å². The molecule has 0 saturated carbocycles. The van der Waals surface area contributed by atoms with Crippen molar-refractivity contribution in [1.82, 2.24) is 4.90 Å². The van der Waals surface area contributed by atoms with E-state index in [2.05, 4.69) is 17.1 Å². The first-order valence-corrected chi connectivity index (χ1v) is 9.28. The summed E-state index contributed by atoms with van der Waals surface area (Å²) in [5.41, 5.74) is 3.00. The number of aryl methyl sites for hydroxylation is 2. The average Bonchev–Trinajstić information content (AvgIpc) is 2.61. The molecule has 1 aromatic rings. The van der Waals surface area contributed by atoms with Crippen LogP contribution in [-0.4, -0.2) is 64.3 Å². The molecule has 27 heavy (non-hydrogen) atoms. The molecule has 0 bridgehead atoms. The van der Waals surface area contributed by atoms with Gasteiger partial charge in [-0.15, -0.1) is 0 Å². The average molecular weight is 379 g/mol. The van der Waals surface area contributed by atoms with Gasteiger partial charge in [0.05, 0.1) is 18.9 Å². The van der Waals surface area contributed by atoms with Gasteiger partial charge in [0, 0.05) is 13.1 Å². The quantitative estimate of drug-likeness (QED) is 0.227. The molecule has 0 aliphatic carbocycles. The Balaban J connectivity index is 2.35. The molecule has 0 N–H and O–H groups in total. The van der Waals surface area contributed by atoms with Gasteiger partial charge in [-0.25, -0.2) is 0 Å². The van der Waals surface area contributed by atoms with E-state index in [1.54, 1.807) is 0 Å². The van der Waals surface area contributed by atoms with Crippen LogP contribution in [-0.2, 0) is 9.57 Å². The Bertz CT molecular complexity index is 591. The van der Waals surface area contributed by atoms with Gasteiger partial charge in [-0.1, -0.05) is 17.3 Å². The molecule has 0 fully saturated rings. The van der Waals surface area contributed by atoms with Gasteiger partial charge in [-0.3, -0.25) is 0 Å². The summed E-state index contributed by atoms with van der Waals surface area (Å²) in [6.07, 6.45) is 3.97. The molecule has 1 aromatic carbocycles. The highest BCUT2D eigenvalue weighted by molar-refractivity contribution is 5.82. The lowest BCUT2D eigenvalue weighted by Gasteiger charge is -2.19. The van der Waals surface area contributed by atoms with Gasteiger partial charge in [-0.2, -0.15) is 0 Å². The van der Waals surface area contributed by atoms with E-state index >= 15 is 0 Å². The third-order valence-corrected chi connectivity index (χ3v) is 3.91. The van der Waals surface area contributed by atoms with Gasteiger partial charge in [0.2, 0.25) is 0 Å². The maximum absolute atomic E-state index is 6.01. The molecule has 0 aromatic heterocycles. The highest BCUT2D eigenvalue weighted by atomic mass is 16.6. The number of allylic oxidation sites excluding steroid dienone is 1. The maximum atomic E-state index is 6.01. The van der Waals surface area contributed by atoms with Gasteiger partial charge < -0.3 is 23.9 Å². The molecule has 1 rings (SSSR count). The van der Waals surface area contributed by atoms with Crippen LogP contribution in [0.4, 0.5) is 0 Å². The fraction of sp³-hybridized carbons (Fsp3) is 0.571. The molecule has 6 heteroatoms. The van der Waals surface area contributed by atoms with E-state index in [9.17, 15) is 0 Å². The molecule has 0 amide bonds. The standard InChI is InChI=1S/C21H34N2O4/c1-7-8-11-26-20-14-17(2)21(18(3)15-20)27-13-10-23(5)9-12-25-16-19(4)22-24-6/h7-8,14-15H,9-13,16H2,1-6H3/b8-7+,22-19?. The maximum Gasteiger partial charge on any atom is 0.125 e. The van der Waals surface area contributed by atoms with Crippen LogP contribution < -0.4 is 9.47 Å². The van der Waals surface area contributed by atoms with Crippen molar-refractivity contribution in [2.75, 3.05) is 53.7 Å². The van der Waals surface area contributed by atoms with E-state index in [0.29, 0.717) is 26.4 Å². The molecule has 0 unspecified atom stereocenters. The van der Waals surface area contributed by atoms with Crippen molar-refractivity contribution in [2.24, 2.45) is 5.16 Å². The largest absolute Gasteiger partial charge is 0.492 e. The second kappa shape index (κ2) is 13.2. The predicted octanol–water partition coefficient (Wildman–Crippen LogP) is 3.61. The van der Waals surface area contributed by atoms with E-state index in [0.717, 1.165) is 41.4 Å². The lowest BCUT2D eigenvalue weighted by molar-refractivity contribution is 0.129. The van der Waals surface area contributed by atoms with Gasteiger partial charge in [0.25, 0.3) is 0 Å². The van der Waals surface area contributed by atoms with Crippen LogP contribution in [0.25, 0.3) is 0 Å². The van der Waals surface area contributed by atoms with Crippen molar-refractivity contribution in [3.8, 4) is 11.5 Å². The summed E-state index contributed by atoms with van der Waals surface area (Å²) in [5.74, 6) is 1.81. The molecular formula is C21H34N2O4. The number of nitrogens with zero attached hydrogens (tertiary/aromatic N) is 2. The van der Waals surface area contributed by atoms with Crippen molar-refractivity contribution in [1.29, 1.82) is 0 Å². The van der Waals surface area contributed by atoms with Crippen LogP contribution >= 0.6 is 0 Å². The third-order valence-electron chi connectivity index (χ3n) is 3.91. The van der Waals surface area contributed by atoms with Crippen LogP contribution in [0.1, 0.15) is 25.0 Å². The monoisotopic (exact) mass is 378 g/mol. The van der Waals surface area contributed by atoms with Crippen molar-refractivity contribution in [2.45, 2.75) is 27.7 Å². The number of rotatable bonds is 13. The molecule has 152 valence electrons. The van der Waals surface area contributed by atoms with Gasteiger partial charge in [-0.05, 0) is 58.0 Å². The molecule has 0 saturated heterocycles. The Morgan fingerprint density at radius 2 is 1.78 bits per heavy atom. The third kappa shape index (κ3) is 9.45. The Morgan fingerprint density at radius 1 is 1.11 bits per heavy atom. The number of benzene rings is 1. The summed E-state index contributed by atoms with van der Waals surface area (Å²) in [6.45, 7) is 12.0. The Hall–Kier alpha value is -2.05. The fourth-order valence-corrected chi connectivity index (χ4v) is 2.50. The number of likely N-dealkylation sites (N-methyl/N-ethyl adjacent to an activating group) is 1. The molecule has 0 aliphatic rings. The highest BCUT2D eigenvalue weighted by Gasteiger charge is 2.08. The number of hydrogen-bond acceptors (Lipinski definition) is 6. The first kappa shape index (κ1) is 23.0. The topological polar surface area (TPSA) is 52.5 Å². The summed E-state index contributed by atoms with van der Waals surface area (Å²) >= 11 is 0. The van der Waals surface area contributed by atoms with Crippen molar-refractivity contribution < 1.29 is 19.0 Å². The zero-order valence-electron chi connectivity index (χ0n) is 17.6. The highest BCUT2D eigenvalue weighted by Crippen LogP contribution is 2.28. The van der Waals surface area contributed by atoms with Crippen LogP contribution in [0.2, 0.25) is 0 Å². The SMILES string of the molecule is C/C=C/COc1cc(C)c(OCCN(C)CCOCC(C)=NOC)c(C)c1. The minimum atomic E-state index is 0.485. The zero-order valence-corrected chi connectivity index (χ0v) is 17.6. The summed E-state index contributed by atoms with van der Waals surface area (Å²) in [4.78, 5) is 6.88. The second-order valence-electron chi connectivity index (χ2n) is 6.48. The molecule has 6 nitrogen and oxygen atoms in total. The Labute approximate surface area is 163 Å². The van der Waals surface area contributed by atoms with E-state index in [1.807, 2.05) is 52.0 Å². The molecule has 0 spiro atoms. The predicted molar refractivity (Wildman–Crippen MR) is 110 cm³/mol. The second-order valence-corrected chi connectivity index (χ2v) is 6.48. The van der Waals surface area contributed by atoms with Crippen molar-refractivity contribution in [3.05, 3.63) is 35.4 Å². The van der Waals surface area contributed by atoms with Crippen molar-refractivity contribution >= 4 is 5.71 Å². The van der Waals surface area contributed by atoms with E-state index in [-0.39, 0.29) is 0 Å². The molecule has 0 atom stereocenters. The van der Waals surface area contributed by atoms with E-state index < -0.39 is 0 Å². The van der Waals surface area contributed by atoms with E-state index in [1.165, 1.54) is 7.11 Å². The number of hydrogen-bond donors (Lipinski definition) is 0. The summed E-state index contributed by atoms with van der Waals surface area (Å²) in [5, 5.41) is 3.81. The zero-order chi connectivity index (χ0) is 20.1. The first-order valence-electron chi connectivity index (χ1n) is 9.28. The van der Waals surface area contributed by atoms with Crippen LogP contribution in [0.5, 0.6) is 11.5 Å². The smallest absolute Gasteiger partial charge is 0.125 e. The van der Waals surface area contributed by atoms with Gasteiger partial charge in [0.1, 0.15) is 31.8 Å². The molecule has 0 heterocycles. The molecular weight excluding hydrogens is 344 g/mol.